The molecule has 5 nitrogen and oxygen atoms in total. The van der Waals surface area contributed by atoms with Crippen LogP contribution in [-0.4, -0.2) is 17.4 Å². The van der Waals surface area contributed by atoms with Crippen molar-refractivity contribution in [2.45, 2.75) is 39.0 Å². The van der Waals surface area contributed by atoms with Crippen LogP contribution in [0.25, 0.3) is 0 Å². The number of nitrogens with zero attached hydrogens (tertiary/aromatic N) is 1. The van der Waals surface area contributed by atoms with Gasteiger partial charge in [-0.1, -0.05) is 32.6 Å². The molecule has 0 radical (unpaired) electrons. The standard InChI is InChI=1S/C14H20N2O3/c1-2-3-4-5-6-11-15-14(17)12-7-9-13(10-8-12)16(18)19/h7-10H,2-6,11H2,1H3,(H,15,17). The van der Waals surface area contributed by atoms with Gasteiger partial charge in [0.2, 0.25) is 0 Å². The average molecular weight is 264 g/mol. The number of nitro groups is 1. The summed E-state index contributed by atoms with van der Waals surface area (Å²) in [6.07, 6.45) is 5.72. The van der Waals surface area contributed by atoms with E-state index in [2.05, 4.69) is 12.2 Å². The minimum Gasteiger partial charge on any atom is -0.352 e. The monoisotopic (exact) mass is 264 g/mol. The second-order valence-electron chi connectivity index (χ2n) is 4.47. The molecule has 0 aliphatic rings. The molecule has 0 aromatic heterocycles. The molecule has 0 unspecified atom stereocenters. The van der Waals surface area contributed by atoms with Crippen LogP contribution in [0, 0.1) is 10.1 Å². The molecule has 0 bridgehead atoms. The maximum absolute atomic E-state index is 11.7. The molecule has 1 amide bonds. The highest BCUT2D eigenvalue weighted by Crippen LogP contribution is 2.11. The maximum Gasteiger partial charge on any atom is 0.269 e. The Hall–Kier alpha value is -1.91. The molecule has 0 fully saturated rings. The van der Waals surface area contributed by atoms with E-state index in [1.807, 2.05) is 0 Å². The number of benzene rings is 1. The minimum atomic E-state index is -0.477. The van der Waals surface area contributed by atoms with Gasteiger partial charge in [-0.2, -0.15) is 0 Å². The van der Waals surface area contributed by atoms with Crippen molar-refractivity contribution >= 4 is 11.6 Å². The lowest BCUT2D eigenvalue weighted by Crippen LogP contribution is -2.24. The van der Waals surface area contributed by atoms with Gasteiger partial charge in [0, 0.05) is 24.2 Å². The Morgan fingerprint density at radius 2 is 1.79 bits per heavy atom. The zero-order chi connectivity index (χ0) is 14.1. The van der Waals surface area contributed by atoms with Crippen molar-refractivity contribution in [3.63, 3.8) is 0 Å². The van der Waals surface area contributed by atoms with Gasteiger partial charge < -0.3 is 5.32 Å². The highest BCUT2D eigenvalue weighted by molar-refractivity contribution is 5.94. The van der Waals surface area contributed by atoms with Crippen molar-refractivity contribution in [1.29, 1.82) is 0 Å². The Morgan fingerprint density at radius 1 is 1.16 bits per heavy atom. The lowest BCUT2D eigenvalue weighted by atomic mass is 10.1. The Kier molecular flexibility index (Phi) is 6.57. The summed E-state index contributed by atoms with van der Waals surface area (Å²) < 4.78 is 0. The Balaban J connectivity index is 2.31. The van der Waals surface area contributed by atoms with Gasteiger partial charge >= 0.3 is 0 Å². The van der Waals surface area contributed by atoms with Gasteiger partial charge in [0.25, 0.3) is 11.6 Å². The highest BCUT2D eigenvalue weighted by atomic mass is 16.6. The van der Waals surface area contributed by atoms with E-state index >= 15 is 0 Å². The summed E-state index contributed by atoms with van der Waals surface area (Å²) in [4.78, 5) is 21.7. The van der Waals surface area contributed by atoms with Crippen LogP contribution in [0.2, 0.25) is 0 Å². The number of carbonyl (C=O) groups excluding carboxylic acids is 1. The molecule has 0 spiro atoms. The number of hydrogen-bond acceptors (Lipinski definition) is 3. The summed E-state index contributed by atoms with van der Waals surface area (Å²) in [5, 5.41) is 13.3. The number of carbonyl (C=O) groups is 1. The molecule has 19 heavy (non-hydrogen) atoms. The van der Waals surface area contributed by atoms with E-state index in [1.165, 1.54) is 43.5 Å². The fourth-order valence-corrected chi connectivity index (χ4v) is 1.77. The molecular formula is C14H20N2O3. The second kappa shape index (κ2) is 8.24. The van der Waals surface area contributed by atoms with Gasteiger partial charge in [0.1, 0.15) is 0 Å². The molecule has 1 aromatic rings. The molecule has 1 rings (SSSR count). The third-order valence-electron chi connectivity index (χ3n) is 2.91. The lowest BCUT2D eigenvalue weighted by molar-refractivity contribution is -0.384. The van der Waals surface area contributed by atoms with Gasteiger partial charge in [0.05, 0.1) is 4.92 Å². The van der Waals surface area contributed by atoms with Gasteiger partial charge in [0.15, 0.2) is 0 Å². The Labute approximate surface area is 113 Å². The number of hydrogen-bond donors (Lipinski definition) is 1. The number of unbranched alkanes of at least 4 members (excludes halogenated alkanes) is 4. The smallest absolute Gasteiger partial charge is 0.269 e. The summed E-state index contributed by atoms with van der Waals surface area (Å²) in [5.41, 5.74) is 0.454. The second-order valence-corrected chi connectivity index (χ2v) is 4.47. The van der Waals surface area contributed by atoms with Gasteiger partial charge in [-0.15, -0.1) is 0 Å². The SMILES string of the molecule is CCCCCCCNC(=O)c1ccc([N+](=O)[O-])cc1. The molecule has 0 saturated carbocycles. The third-order valence-corrected chi connectivity index (χ3v) is 2.91. The van der Waals surface area contributed by atoms with Gasteiger partial charge in [-0.05, 0) is 18.6 Å². The number of amides is 1. The lowest BCUT2D eigenvalue weighted by Gasteiger charge is -2.05. The van der Waals surface area contributed by atoms with E-state index in [0.29, 0.717) is 12.1 Å². The van der Waals surface area contributed by atoms with Crippen molar-refractivity contribution in [2.24, 2.45) is 0 Å². The van der Waals surface area contributed by atoms with Crippen LogP contribution < -0.4 is 5.32 Å². The molecule has 0 heterocycles. The van der Waals surface area contributed by atoms with Crippen LogP contribution in [0.4, 0.5) is 5.69 Å². The first-order valence-electron chi connectivity index (χ1n) is 6.67. The molecule has 1 aromatic carbocycles. The van der Waals surface area contributed by atoms with E-state index in [1.54, 1.807) is 0 Å². The van der Waals surface area contributed by atoms with Crippen molar-refractivity contribution in [2.75, 3.05) is 6.54 Å². The van der Waals surface area contributed by atoms with Crippen LogP contribution in [0.3, 0.4) is 0 Å². The summed E-state index contributed by atoms with van der Waals surface area (Å²) in [6, 6.07) is 5.64. The maximum atomic E-state index is 11.7. The summed E-state index contributed by atoms with van der Waals surface area (Å²) >= 11 is 0. The predicted molar refractivity (Wildman–Crippen MR) is 74.2 cm³/mol. The van der Waals surface area contributed by atoms with Gasteiger partial charge in [-0.25, -0.2) is 0 Å². The normalized spacial score (nSPS) is 10.2. The molecule has 0 aliphatic heterocycles. The van der Waals surface area contributed by atoms with Crippen molar-refractivity contribution in [1.82, 2.24) is 5.32 Å². The van der Waals surface area contributed by atoms with Crippen LogP contribution in [0.5, 0.6) is 0 Å². The summed E-state index contributed by atoms with van der Waals surface area (Å²) in [6.45, 7) is 2.82. The van der Waals surface area contributed by atoms with Gasteiger partial charge in [-0.3, -0.25) is 14.9 Å². The van der Waals surface area contributed by atoms with Crippen molar-refractivity contribution in [3.8, 4) is 0 Å². The van der Waals surface area contributed by atoms with Crippen LogP contribution >= 0.6 is 0 Å². The van der Waals surface area contributed by atoms with Crippen molar-refractivity contribution in [3.05, 3.63) is 39.9 Å². The zero-order valence-electron chi connectivity index (χ0n) is 11.2. The number of nitro benzene ring substituents is 1. The number of non-ortho nitro benzene ring substituents is 1. The summed E-state index contributed by atoms with van der Waals surface area (Å²) in [7, 11) is 0. The molecule has 0 aliphatic carbocycles. The van der Waals surface area contributed by atoms with Crippen LogP contribution in [-0.2, 0) is 0 Å². The largest absolute Gasteiger partial charge is 0.352 e. The summed E-state index contributed by atoms with van der Waals surface area (Å²) in [5.74, 6) is -0.176. The molecule has 104 valence electrons. The van der Waals surface area contributed by atoms with E-state index in [9.17, 15) is 14.9 Å². The van der Waals surface area contributed by atoms with E-state index < -0.39 is 4.92 Å². The molecule has 0 atom stereocenters. The van der Waals surface area contributed by atoms with Crippen LogP contribution in [0.1, 0.15) is 49.4 Å². The first-order valence-corrected chi connectivity index (χ1v) is 6.67. The van der Waals surface area contributed by atoms with E-state index in [0.717, 1.165) is 12.8 Å². The fraction of sp³-hybridized carbons (Fsp3) is 0.500. The number of nitrogens with one attached hydrogen (secondary N) is 1. The quantitative estimate of drug-likeness (QED) is 0.445. The topological polar surface area (TPSA) is 72.2 Å². The predicted octanol–water partition coefficient (Wildman–Crippen LogP) is 3.30. The molecular weight excluding hydrogens is 244 g/mol. The molecule has 5 heteroatoms. The van der Waals surface area contributed by atoms with E-state index in [4.69, 9.17) is 0 Å². The van der Waals surface area contributed by atoms with Crippen LogP contribution in [0.15, 0.2) is 24.3 Å². The first-order chi connectivity index (χ1) is 9.15. The molecule has 0 saturated heterocycles. The number of rotatable bonds is 8. The first kappa shape index (κ1) is 15.1. The Bertz CT molecular complexity index is 415. The van der Waals surface area contributed by atoms with E-state index in [-0.39, 0.29) is 11.6 Å². The van der Waals surface area contributed by atoms with Crippen molar-refractivity contribution < 1.29 is 9.72 Å². The zero-order valence-corrected chi connectivity index (χ0v) is 11.2. The average Bonchev–Trinajstić information content (AvgIpc) is 2.42. The molecule has 1 N–H and O–H groups in total. The Morgan fingerprint density at radius 3 is 2.37 bits per heavy atom. The highest BCUT2D eigenvalue weighted by Gasteiger charge is 2.08. The third kappa shape index (κ3) is 5.50. The fourth-order valence-electron chi connectivity index (χ4n) is 1.77. The minimum absolute atomic E-state index is 0.00360.